The zero-order chi connectivity index (χ0) is 12.4. The van der Waals surface area contributed by atoms with Crippen LogP contribution in [0.5, 0.6) is 0 Å². The van der Waals surface area contributed by atoms with Crippen LogP contribution < -0.4 is 5.32 Å². The first-order chi connectivity index (χ1) is 8.08. The van der Waals surface area contributed by atoms with Crippen LogP contribution in [0.25, 0.3) is 0 Å². The standard InChI is InChI=1S/C11H18N2O3S/c1-8-11(15)13(5-2-10(14)12-8)9-3-6-17(16)7-4-9/h8-9H,2-7H2,1H3,(H,12,14). The second kappa shape index (κ2) is 5.16. The quantitative estimate of drug-likeness (QED) is 0.698. The van der Waals surface area contributed by atoms with Gasteiger partial charge in [-0.3, -0.25) is 13.8 Å². The SMILES string of the molecule is CC1NC(=O)CCN(C2CCS(=O)CC2)C1=O. The van der Waals surface area contributed by atoms with Gasteiger partial charge in [0.25, 0.3) is 0 Å². The van der Waals surface area contributed by atoms with Crippen LogP contribution in [0.4, 0.5) is 0 Å². The summed E-state index contributed by atoms with van der Waals surface area (Å²) < 4.78 is 11.3. The average Bonchev–Trinajstić information content (AvgIpc) is 2.42. The van der Waals surface area contributed by atoms with Crippen molar-refractivity contribution in [1.82, 2.24) is 10.2 Å². The lowest BCUT2D eigenvalue weighted by molar-refractivity contribution is -0.135. The Labute approximate surface area is 103 Å². The summed E-state index contributed by atoms with van der Waals surface area (Å²) in [5.74, 6) is 1.27. The van der Waals surface area contributed by atoms with E-state index in [-0.39, 0.29) is 17.9 Å². The Balaban J connectivity index is 2.05. The van der Waals surface area contributed by atoms with Crippen molar-refractivity contribution in [3.63, 3.8) is 0 Å². The minimum atomic E-state index is -0.717. The van der Waals surface area contributed by atoms with Gasteiger partial charge in [-0.25, -0.2) is 0 Å². The summed E-state index contributed by atoms with van der Waals surface area (Å²) in [6.07, 6.45) is 1.95. The fraction of sp³-hybridized carbons (Fsp3) is 0.818. The van der Waals surface area contributed by atoms with Gasteiger partial charge in [-0.2, -0.15) is 0 Å². The summed E-state index contributed by atoms with van der Waals surface area (Å²) in [6, 6.07) is -0.271. The topological polar surface area (TPSA) is 66.5 Å². The molecule has 0 aromatic rings. The third-order valence-electron chi connectivity index (χ3n) is 3.41. The zero-order valence-corrected chi connectivity index (χ0v) is 10.8. The van der Waals surface area contributed by atoms with E-state index in [0.717, 1.165) is 12.8 Å². The first-order valence-electron chi connectivity index (χ1n) is 6.03. The van der Waals surface area contributed by atoms with Gasteiger partial charge in [0.1, 0.15) is 6.04 Å². The predicted molar refractivity (Wildman–Crippen MR) is 64.8 cm³/mol. The molecule has 2 aliphatic heterocycles. The van der Waals surface area contributed by atoms with E-state index < -0.39 is 16.8 Å². The maximum absolute atomic E-state index is 12.1. The Morgan fingerprint density at radius 3 is 2.59 bits per heavy atom. The molecule has 2 rings (SSSR count). The molecule has 17 heavy (non-hydrogen) atoms. The molecule has 2 amide bonds. The van der Waals surface area contributed by atoms with Gasteiger partial charge in [-0.05, 0) is 19.8 Å². The zero-order valence-electron chi connectivity index (χ0n) is 9.98. The first kappa shape index (κ1) is 12.5. The van der Waals surface area contributed by atoms with E-state index in [0.29, 0.717) is 24.5 Å². The second-order valence-corrected chi connectivity index (χ2v) is 6.35. The number of hydrogen-bond acceptors (Lipinski definition) is 3. The van der Waals surface area contributed by atoms with E-state index in [1.54, 1.807) is 11.8 Å². The van der Waals surface area contributed by atoms with Crippen LogP contribution in [0.2, 0.25) is 0 Å². The minimum absolute atomic E-state index is 0.00599. The van der Waals surface area contributed by atoms with Gasteiger partial charge in [-0.1, -0.05) is 0 Å². The predicted octanol–water partition coefficient (Wildman–Crippen LogP) is -0.366. The fourth-order valence-electron chi connectivity index (χ4n) is 2.41. The molecule has 96 valence electrons. The van der Waals surface area contributed by atoms with Crippen LogP contribution in [0.3, 0.4) is 0 Å². The van der Waals surface area contributed by atoms with E-state index in [9.17, 15) is 13.8 Å². The van der Waals surface area contributed by atoms with Gasteiger partial charge in [0.05, 0.1) is 0 Å². The van der Waals surface area contributed by atoms with E-state index in [1.165, 1.54) is 0 Å². The normalized spacial score (nSPS) is 35.4. The Hall–Kier alpha value is -0.910. The number of carbonyl (C=O) groups excluding carboxylic acids is 2. The van der Waals surface area contributed by atoms with Crippen molar-refractivity contribution in [3.8, 4) is 0 Å². The largest absolute Gasteiger partial charge is 0.345 e. The van der Waals surface area contributed by atoms with Crippen LogP contribution >= 0.6 is 0 Å². The number of amides is 2. The molecule has 1 unspecified atom stereocenters. The van der Waals surface area contributed by atoms with Gasteiger partial charge >= 0.3 is 0 Å². The fourth-order valence-corrected chi connectivity index (χ4v) is 3.69. The average molecular weight is 258 g/mol. The summed E-state index contributed by atoms with van der Waals surface area (Å²) in [5.41, 5.74) is 0. The van der Waals surface area contributed by atoms with E-state index in [2.05, 4.69) is 5.32 Å². The molecule has 2 fully saturated rings. The Morgan fingerprint density at radius 1 is 1.29 bits per heavy atom. The molecule has 5 nitrogen and oxygen atoms in total. The number of nitrogens with zero attached hydrogens (tertiary/aromatic N) is 1. The summed E-state index contributed by atoms with van der Waals surface area (Å²) in [5, 5.41) is 2.68. The van der Waals surface area contributed by atoms with Gasteiger partial charge in [0.15, 0.2) is 0 Å². The summed E-state index contributed by atoms with van der Waals surface area (Å²) in [7, 11) is -0.717. The molecule has 0 saturated carbocycles. The van der Waals surface area contributed by atoms with Crippen molar-refractivity contribution in [2.24, 2.45) is 0 Å². The van der Waals surface area contributed by atoms with Crippen LogP contribution in [0, 0.1) is 0 Å². The molecule has 2 heterocycles. The molecule has 0 aromatic heterocycles. The Kier molecular flexibility index (Phi) is 3.81. The van der Waals surface area contributed by atoms with Crippen molar-refractivity contribution < 1.29 is 13.8 Å². The molecule has 2 saturated heterocycles. The highest BCUT2D eigenvalue weighted by Crippen LogP contribution is 2.18. The maximum atomic E-state index is 12.1. The maximum Gasteiger partial charge on any atom is 0.245 e. The molecular formula is C11H18N2O3S. The van der Waals surface area contributed by atoms with Crippen molar-refractivity contribution in [3.05, 3.63) is 0 Å². The highest BCUT2D eigenvalue weighted by atomic mass is 32.2. The van der Waals surface area contributed by atoms with Gasteiger partial charge < -0.3 is 10.2 Å². The number of hydrogen-bond donors (Lipinski definition) is 1. The smallest absolute Gasteiger partial charge is 0.245 e. The molecule has 2 aliphatic rings. The molecule has 0 aliphatic carbocycles. The highest BCUT2D eigenvalue weighted by Gasteiger charge is 2.32. The van der Waals surface area contributed by atoms with E-state index >= 15 is 0 Å². The molecule has 0 bridgehead atoms. The third-order valence-corrected chi connectivity index (χ3v) is 4.79. The summed E-state index contributed by atoms with van der Waals surface area (Å²) >= 11 is 0. The second-order valence-electron chi connectivity index (χ2n) is 4.65. The number of rotatable bonds is 1. The number of nitrogens with one attached hydrogen (secondary N) is 1. The van der Waals surface area contributed by atoms with E-state index in [4.69, 9.17) is 0 Å². The third kappa shape index (κ3) is 2.86. The molecule has 0 spiro atoms. The summed E-state index contributed by atoms with van der Waals surface area (Å²) in [4.78, 5) is 25.3. The lowest BCUT2D eigenvalue weighted by Gasteiger charge is -2.33. The van der Waals surface area contributed by atoms with Crippen molar-refractivity contribution in [2.45, 2.75) is 38.3 Å². The van der Waals surface area contributed by atoms with Crippen molar-refractivity contribution >= 4 is 22.6 Å². The van der Waals surface area contributed by atoms with Gasteiger partial charge in [-0.15, -0.1) is 0 Å². The molecule has 0 radical (unpaired) electrons. The summed E-state index contributed by atoms with van der Waals surface area (Å²) in [6.45, 7) is 2.21. The van der Waals surface area contributed by atoms with Crippen LogP contribution in [-0.2, 0) is 20.4 Å². The molecule has 1 N–H and O–H groups in total. The van der Waals surface area contributed by atoms with Crippen molar-refractivity contribution in [2.75, 3.05) is 18.1 Å². The van der Waals surface area contributed by atoms with Crippen LogP contribution in [-0.4, -0.2) is 51.1 Å². The number of carbonyl (C=O) groups is 2. The van der Waals surface area contributed by atoms with Crippen LogP contribution in [0.15, 0.2) is 0 Å². The van der Waals surface area contributed by atoms with Crippen LogP contribution in [0.1, 0.15) is 26.2 Å². The lowest BCUT2D eigenvalue weighted by atomic mass is 10.1. The first-order valence-corrected chi connectivity index (χ1v) is 7.51. The molecule has 1 atom stereocenters. The van der Waals surface area contributed by atoms with E-state index in [1.807, 2.05) is 0 Å². The van der Waals surface area contributed by atoms with Gasteiger partial charge in [0.2, 0.25) is 11.8 Å². The lowest BCUT2D eigenvalue weighted by Crippen LogP contribution is -2.49. The molecule has 0 aromatic carbocycles. The Morgan fingerprint density at radius 2 is 1.94 bits per heavy atom. The minimum Gasteiger partial charge on any atom is -0.345 e. The van der Waals surface area contributed by atoms with Gasteiger partial charge in [0, 0.05) is 41.3 Å². The monoisotopic (exact) mass is 258 g/mol. The molecular weight excluding hydrogens is 240 g/mol. The highest BCUT2D eigenvalue weighted by molar-refractivity contribution is 7.85. The van der Waals surface area contributed by atoms with Crippen molar-refractivity contribution in [1.29, 1.82) is 0 Å². The molecule has 6 heteroatoms. The Bertz CT molecular complexity index is 349.